The number of hydrogen-bond acceptors (Lipinski definition) is 2. The molecular weight excluding hydrogens is 274 g/mol. The number of fused-ring (bicyclic) bond motifs is 2. The van der Waals surface area contributed by atoms with Crippen LogP contribution in [0.25, 0.3) is 10.8 Å². The van der Waals surface area contributed by atoms with E-state index >= 15 is 0 Å². The molecule has 0 atom stereocenters. The number of hydrogen-bond donors (Lipinski definition) is 0. The number of para-hydroxylation sites is 2. The minimum atomic E-state index is -0.00754. The maximum Gasteiger partial charge on any atom is 0.265 e. The quantitative estimate of drug-likeness (QED) is 0.719. The zero-order valence-corrected chi connectivity index (χ0v) is 12.0. The molecule has 0 N–H and O–H groups in total. The van der Waals surface area contributed by atoms with Gasteiger partial charge in [-0.3, -0.25) is 4.79 Å². The molecule has 4 rings (SSSR count). The Hall–Kier alpha value is -2.81. The van der Waals surface area contributed by atoms with E-state index in [2.05, 4.69) is 30.3 Å². The van der Waals surface area contributed by atoms with Crippen LogP contribution in [0.3, 0.4) is 0 Å². The zero-order valence-electron chi connectivity index (χ0n) is 12.0. The number of amides is 1. The van der Waals surface area contributed by atoms with Gasteiger partial charge in [-0.15, -0.1) is 0 Å². The van der Waals surface area contributed by atoms with Gasteiger partial charge in [0, 0.05) is 0 Å². The van der Waals surface area contributed by atoms with E-state index in [-0.39, 0.29) is 12.5 Å². The first kappa shape index (κ1) is 12.9. The molecule has 0 bridgehead atoms. The first-order valence-corrected chi connectivity index (χ1v) is 7.31. The van der Waals surface area contributed by atoms with E-state index in [1.54, 1.807) is 4.90 Å². The van der Waals surface area contributed by atoms with Crippen LogP contribution in [0.5, 0.6) is 5.75 Å². The summed E-state index contributed by atoms with van der Waals surface area (Å²) in [5.74, 6) is 0.759. The predicted molar refractivity (Wildman–Crippen MR) is 87.1 cm³/mol. The molecule has 0 spiro atoms. The lowest BCUT2D eigenvalue weighted by molar-refractivity contribution is -0.121. The van der Waals surface area contributed by atoms with Gasteiger partial charge in [0.15, 0.2) is 6.61 Å². The first-order chi connectivity index (χ1) is 10.8. The van der Waals surface area contributed by atoms with Gasteiger partial charge in [0.05, 0.1) is 12.2 Å². The Kier molecular flexibility index (Phi) is 3.04. The Bertz CT molecular complexity index is 857. The number of rotatable bonds is 2. The van der Waals surface area contributed by atoms with Gasteiger partial charge in [-0.05, 0) is 34.5 Å². The van der Waals surface area contributed by atoms with Crippen molar-refractivity contribution in [2.45, 2.75) is 6.54 Å². The van der Waals surface area contributed by atoms with Crippen LogP contribution in [0.1, 0.15) is 5.56 Å². The molecule has 1 amide bonds. The van der Waals surface area contributed by atoms with E-state index < -0.39 is 0 Å². The molecule has 0 saturated heterocycles. The largest absolute Gasteiger partial charge is 0.482 e. The van der Waals surface area contributed by atoms with Crippen molar-refractivity contribution in [2.24, 2.45) is 0 Å². The molecule has 108 valence electrons. The average molecular weight is 289 g/mol. The second-order valence-corrected chi connectivity index (χ2v) is 5.42. The van der Waals surface area contributed by atoms with Gasteiger partial charge in [0.1, 0.15) is 5.75 Å². The third kappa shape index (κ3) is 2.21. The number of carbonyl (C=O) groups is 1. The third-order valence-electron chi connectivity index (χ3n) is 3.96. The molecule has 22 heavy (non-hydrogen) atoms. The molecule has 0 saturated carbocycles. The van der Waals surface area contributed by atoms with Crippen LogP contribution in [0.4, 0.5) is 5.69 Å². The van der Waals surface area contributed by atoms with Crippen LogP contribution in [0.15, 0.2) is 66.7 Å². The second kappa shape index (κ2) is 5.19. The SMILES string of the molecule is O=C1COc2ccccc2N1Cc1ccc2ccccc2c1. The fraction of sp³-hybridized carbons (Fsp3) is 0.105. The molecule has 1 heterocycles. The molecule has 1 aliphatic rings. The van der Waals surface area contributed by atoms with Crippen molar-refractivity contribution in [2.75, 3.05) is 11.5 Å². The lowest BCUT2D eigenvalue weighted by atomic mass is 10.1. The highest BCUT2D eigenvalue weighted by molar-refractivity contribution is 5.97. The Morgan fingerprint density at radius 1 is 0.909 bits per heavy atom. The molecular formula is C19H15NO2. The fourth-order valence-electron chi connectivity index (χ4n) is 2.85. The Morgan fingerprint density at radius 2 is 1.68 bits per heavy atom. The Labute approximate surface area is 128 Å². The smallest absolute Gasteiger partial charge is 0.265 e. The predicted octanol–water partition coefficient (Wildman–Crippen LogP) is 3.77. The normalized spacial score (nSPS) is 13.8. The summed E-state index contributed by atoms with van der Waals surface area (Å²) in [6, 6.07) is 22.2. The number of ether oxygens (including phenoxy) is 1. The molecule has 0 aliphatic carbocycles. The molecule has 0 unspecified atom stereocenters. The summed E-state index contributed by atoms with van der Waals surface area (Å²) in [6.45, 7) is 0.661. The van der Waals surface area contributed by atoms with Gasteiger partial charge in [0.2, 0.25) is 0 Å². The second-order valence-electron chi connectivity index (χ2n) is 5.42. The molecule has 1 aliphatic heterocycles. The molecule has 3 nitrogen and oxygen atoms in total. The highest BCUT2D eigenvalue weighted by atomic mass is 16.5. The molecule has 3 aromatic carbocycles. The van der Waals surface area contributed by atoms with Crippen LogP contribution in [-0.2, 0) is 11.3 Å². The summed E-state index contributed by atoms with van der Waals surface area (Å²) < 4.78 is 5.48. The van der Waals surface area contributed by atoms with E-state index in [0.717, 1.165) is 17.0 Å². The molecule has 0 fully saturated rings. The lowest BCUT2D eigenvalue weighted by Crippen LogP contribution is -2.38. The average Bonchev–Trinajstić information content (AvgIpc) is 2.57. The standard InChI is InChI=1S/C19H15NO2/c21-19-13-22-18-8-4-3-7-17(18)20(19)12-14-9-10-15-5-1-2-6-16(15)11-14/h1-11H,12-13H2. The van der Waals surface area contributed by atoms with Crippen molar-refractivity contribution in [3.8, 4) is 5.75 Å². The van der Waals surface area contributed by atoms with Crippen molar-refractivity contribution in [3.63, 3.8) is 0 Å². The number of carbonyl (C=O) groups excluding carboxylic acids is 1. The molecule has 3 heteroatoms. The van der Waals surface area contributed by atoms with Crippen LogP contribution in [0.2, 0.25) is 0 Å². The van der Waals surface area contributed by atoms with Gasteiger partial charge in [-0.1, -0.05) is 48.5 Å². The van der Waals surface area contributed by atoms with Gasteiger partial charge in [-0.25, -0.2) is 0 Å². The number of anilines is 1. The zero-order chi connectivity index (χ0) is 14.9. The molecule has 3 aromatic rings. The topological polar surface area (TPSA) is 29.5 Å². The highest BCUT2D eigenvalue weighted by Gasteiger charge is 2.25. The number of benzene rings is 3. The monoisotopic (exact) mass is 289 g/mol. The first-order valence-electron chi connectivity index (χ1n) is 7.31. The Morgan fingerprint density at radius 3 is 2.59 bits per heavy atom. The highest BCUT2D eigenvalue weighted by Crippen LogP contribution is 2.32. The summed E-state index contributed by atoms with van der Waals surface area (Å²) in [4.78, 5) is 14.0. The summed E-state index contributed by atoms with van der Waals surface area (Å²) >= 11 is 0. The van der Waals surface area contributed by atoms with Crippen molar-refractivity contribution < 1.29 is 9.53 Å². The van der Waals surface area contributed by atoms with Gasteiger partial charge in [0.25, 0.3) is 5.91 Å². The summed E-state index contributed by atoms with van der Waals surface area (Å²) in [7, 11) is 0. The third-order valence-corrected chi connectivity index (χ3v) is 3.96. The van der Waals surface area contributed by atoms with E-state index in [1.165, 1.54) is 10.8 Å². The van der Waals surface area contributed by atoms with E-state index in [0.29, 0.717) is 6.54 Å². The van der Waals surface area contributed by atoms with Crippen LogP contribution < -0.4 is 9.64 Å². The van der Waals surface area contributed by atoms with Crippen molar-refractivity contribution in [1.29, 1.82) is 0 Å². The van der Waals surface area contributed by atoms with Crippen LogP contribution in [-0.4, -0.2) is 12.5 Å². The lowest BCUT2D eigenvalue weighted by Gasteiger charge is -2.29. The van der Waals surface area contributed by atoms with Gasteiger partial charge < -0.3 is 9.64 Å². The van der Waals surface area contributed by atoms with Crippen LogP contribution >= 0.6 is 0 Å². The van der Waals surface area contributed by atoms with Crippen molar-refractivity contribution in [3.05, 3.63) is 72.3 Å². The minimum absolute atomic E-state index is 0.00754. The Balaban J connectivity index is 1.71. The molecule has 0 radical (unpaired) electrons. The summed E-state index contributed by atoms with van der Waals surface area (Å²) in [5, 5.41) is 2.40. The van der Waals surface area contributed by atoms with Crippen molar-refractivity contribution >= 4 is 22.4 Å². The van der Waals surface area contributed by atoms with Crippen LogP contribution in [0, 0.1) is 0 Å². The van der Waals surface area contributed by atoms with Gasteiger partial charge >= 0.3 is 0 Å². The fourth-order valence-corrected chi connectivity index (χ4v) is 2.85. The van der Waals surface area contributed by atoms with Crippen molar-refractivity contribution in [1.82, 2.24) is 0 Å². The number of nitrogens with zero attached hydrogens (tertiary/aromatic N) is 1. The summed E-state index contributed by atoms with van der Waals surface area (Å²) in [5.41, 5.74) is 1.95. The maximum absolute atomic E-state index is 12.2. The maximum atomic E-state index is 12.2. The minimum Gasteiger partial charge on any atom is -0.482 e. The summed E-state index contributed by atoms with van der Waals surface area (Å²) in [6.07, 6.45) is 0. The van der Waals surface area contributed by atoms with E-state index in [1.807, 2.05) is 36.4 Å². The van der Waals surface area contributed by atoms with E-state index in [9.17, 15) is 4.79 Å². The van der Waals surface area contributed by atoms with Gasteiger partial charge in [-0.2, -0.15) is 0 Å². The van der Waals surface area contributed by atoms with E-state index in [4.69, 9.17) is 4.74 Å². The molecule has 0 aromatic heterocycles.